The van der Waals surface area contributed by atoms with E-state index in [1.165, 1.54) is 0 Å². The first-order valence-corrected chi connectivity index (χ1v) is 5.23. The number of hydrogen-bond donors (Lipinski definition) is 2. The summed E-state index contributed by atoms with van der Waals surface area (Å²) in [5.41, 5.74) is 4.82. The number of fused-ring (bicyclic) bond motifs is 1. The Morgan fingerprint density at radius 3 is 3.18 bits per heavy atom. The normalized spacial score (nSPS) is 12.9. The van der Waals surface area contributed by atoms with E-state index < -0.39 is 12.6 Å². The zero-order valence-corrected chi connectivity index (χ0v) is 9.06. The number of pyridine rings is 1. The molecule has 0 unspecified atom stereocenters. The standard InChI is InChI=1S/C11H11N3O3/c12-5-8-4-7-2-1-3-9(7)13-11(8)14-17-6-10(15)16/h4H,1-3,6H2,(H,13,14)(H,15,16). The summed E-state index contributed by atoms with van der Waals surface area (Å²) in [6, 6.07) is 3.79. The molecule has 0 aliphatic heterocycles. The van der Waals surface area contributed by atoms with Gasteiger partial charge in [0.1, 0.15) is 6.07 Å². The number of aryl methyl sites for hydroxylation is 2. The second kappa shape index (κ2) is 4.80. The van der Waals surface area contributed by atoms with Gasteiger partial charge in [-0.1, -0.05) is 0 Å². The molecular formula is C11H11N3O3. The molecule has 1 aromatic heterocycles. The van der Waals surface area contributed by atoms with Crippen molar-refractivity contribution in [2.45, 2.75) is 19.3 Å². The molecule has 6 heteroatoms. The van der Waals surface area contributed by atoms with Gasteiger partial charge >= 0.3 is 5.97 Å². The van der Waals surface area contributed by atoms with Crippen LogP contribution in [0.5, 0.6) is 0 Å². The Kier molecular flexibility index (Phi) is 3.21. The van der Waals surface area contributed by atoms with Gasteiger partial charge in [0.15, 0.2) is 12.4 Å². The Morgan fingerprint density at radius 1 is 1.65 bits per heavy atom. The van der Waals surface area contributed by atoms with Gasteiger partial charge in [0, 0.05) is 5.69 Å². The number of nitrogens with zero attached hydrogens (tertiary/aromatic N) is 2. The summed E-state index contributed by atoms with van der Waals surface area (Å²) in [6.45, 7) is -0.483. The highest BCUT2D eigenvalue weighted by atomic mass is 16.7. The van der Waals surface area contributed by atoms with Crippen molar-refractivity contribution in [2.75, 3.05) is 12.1 Å². The van der Waals surface area contributed by atoms with Crippen molar-refractivity contribution in [1.82, 2.24) is 4.98 Å². The van der Waals surface area contributed by atoms with E-state index >= 15 is 0 Å². The molecular weight excluding hydrogens is 222 g/mol. The van der Waals surface area contributed by atoms with E-state index in [0.717, 1.165) is 30.5 Å². The average Bonchev–Trinajstić information content (AvgIpc) is 2.74. The maximum absolute atomic E-state index is 10.3. The molecule has 0 amide bonds. The van der Waals surface area contributed by atoms with Crippen molar-refractivity contribution in [1.29, 1.82) is 5.26 Å². The molecule has 6 nitrogen and oxygen atoms in total. The maximum Gasteiger partial charge on any atom is 0.332 e. The summed E-state index contributed by atoms with van der Waals surface area (Å²) in [4.78, 5) is 19.3. The Hall–Kier alpha value is -2.13. The zero-order chi connectivity index (χ0) is 12.3. The molecule has 0 fully saturated rings. The number of nitriles is 1. The molecule has 88 valence electrons. The minimum Gasteiger partial charge on any atom is -0.479 e. The number of aromatic nitrogens is 1. The van der Waals surface area contributed by atoms with Crippen LogP contribution in [0.3, 0.4) is 0 Å². The molecule has 0 spiro atoms. The molecule has 2 N–H and O–H groups in total. The van der Waals surface area contributed by atoms with Gasteiger partial charge < -0.3 is 5.11 Å². The Morgan fingerprint density at radius 2 is 2.47 bits per heavy atom. The maximum atomic E-state index is 10.3. The zero-order valence-electron chi connectivity index (χ0n) is 9.06. The topological polar surface area (TPSA) is 95.2 Å². The van der Waals surface area contributed by atoms with Crippen molar-refractivity contribution in [3.8, 4) is 6.07 Å². The van der Waals surface area contributed by atoms with Gasteiger partial charge in [-0.2, -0.15) is 5.26 Å². The molecule has 2 rings (SSSR count). The highest BCUT2D eigenvalue weighted by Crippen LogP contribution is 2.24. The van der Waals surface area contributed by atoms with E-state index in [9.17, 15) is 4.79 Å². The van der Waals surface area contributed by atoms with Crippen LogP contribution in [-0.2, 0) is 22.5 Å². The van der Waals surface area contributed by atoms with E-state index in [1.54, 1.807) is 6.07 Å². The fourth-order valence-electron chi connectivity index (χ4n) is 1.80. The molecule has 0 aromatic carbocycles. The van der Waals surface area contributed by atoms with Crippen molar-refractivity contribution in [2.24, 2.45) is 0 Å². The number of carbonyl (C=O) groups is 1. The third kappa shape index (κ3) is 2.52. The molecule has 0 radical (unpaired) electrons. The fraction of sp³-hybridized carbons (Fsp3) is 0.364. The monoisotopic (exact) mass is 233 g/mol. The number of carboxylic acid groups (broad SMARTS) is 1. The predicted molar refractivity (Wildman–Crippen MR) is 58.2 cm³/mol. The first kappa shape index (κ1) is 11.4. The van der Waals surface area contributed by atoms with Crippen LogP contribution in [0, 0.1) is 11.3 Å². The number of hydrogen-bond acceptors (Lipinski definition) is 5. The lowest BCUT2D eigenvalue weighted by molar-refractivity contribution is -0.141. The number of aliphatic carboxylic acids is 1. The molecule has 0 saturated heterocycles. The van der Waals surface area contributed by atoms with E-state index in [2.05, 4.69) is 10.5 Å². The highest BCUT2D eigenvalue weighted by Gasteiger charge is 2.16. The quantitative estimate of drug-likeness (QED) is 0.749. The molecule has 17 heavy (non-hydrogen) atoms. The van der Waals surface area contributed by atoms with Crippen LogP contribution in [-0.4, -0.2) is 22.7 Å². The van der Waals surface area contributed by atoms with Gasteiger partial charge in [-0.25, -0.2) is 15.3 Å². The second-order valence-corrected chi connectivity index (χ2v) is 3.74. The third-order valence-electron chi connectivity index (χ3n) is 2.54. The Labute approximate surface area is 97.8 Å². The number of carboxylic acids is 1. The van der Waals surface area contributed by atoms with Gasteiger partial charge in [-0.15, -0.1) is 0 Å². The minimum absolute atomic E-state index is 0.286. The van der Waals surface area contributed by atoms with Gasteiger partial charge in [0.2, 0.25) is 0 Å². The number of nitrogens with one attached hydrogen (secondary N) is 1. The smallest absolute Gasteiger partial charge is 0.332 e. The molecule has 1 aliphatic rings. The fourth-order valence-corrected chi connectivity index (χ4v) is 1.80. The lowest BCUT2D eigenvalue weighted by atomic mass is 10.1. The number of rotatable bonds is 4. The van der Waals surface area contributed by atoms with Crippen LogP contribution in [0.2, 0.25) is 0 Å². The summed E-state index contributed by atoms with van der Waals surface area (Å²) >= 11 is 0. The van der Waals surface area contributed by atoms with Crippen LogP contribution in [0.1, 0.15) is 23.2 Å². The summed E-state index contributed by atoms with van der Waals surface area (Å²) < 4.78 is 0. The van der Waals surface area contributed by atoms with Crippen LogP contribution in [0.25, 0.3) is 0 Å². The highest BCUT2D eigenvalue weighted by molar-refractivity contribution is 5.68. The van der Waals surface area contributed by atoms with Gasteiger partial charge in [-0.3, -0.25) is 4.84 Å². The molecule has 1 heterocycles. The van der Waals surface area contributed by atoms with E-state index in [4.69, 9.17) is 15.2 Å². The summed E-state index contributed by atoms with van der Waals surface area (Å²) in [5.74, 6) is -0.799. The Balaban J connectivity index is 2.16. The molecule has 0 atom stereocenters. The van der Waals surface area contributed by atoms with Crippen LogP contribution in [0.15, 0.2) is 6.07 Å². The van der Waals surface area contributed by atoms with Crippen LogP contribution >= 0.6 is 0 Å². The van der Waals surface area contributed by atoms with Crippen LogP contribution < -0.4 is 5.48 Å². The first-order valence-electron chi connectivity index (χ1n) is 5.23. The lowest BCUT2D eigenvalue weighted by Crippen LogP contribution is -2.13. The third-order valence-corrected chi connectivity index (χ3v) is 2.54. The summed E-state index contributed by atoms with van der Waals surface area (Å²) in [7, 11) is 0. The van der Waals surface area contributed by atoms with Crippen molar-refractivity contribution in [3.05, 3.63) is 22.9 Å². The van der Waals surface area contributed by atoms with Crippen LogP contribution in [0.4, 0.5) is 5.82 Å². The summed E-state index contributed by atoms with van der Waals surface area (Å²) in [6.07, 6.45) is 2.86. The minimum atomic E-state index is -1.09. The van der Waals surface area contributed by atoms with Crippen molar-refractivity contribution >= 4 is 11.8 Å². The van der Waals surface area contributed by atoms with Crippen molar-refractivity contribution < 1.29 is 14.7 Å². The van der Waals surface area contributed by atoms with Gasteiger partial charge in [-0.05, 0) is 30.9 Å². The number of anilines is 1. The lowest BCUT2D eigenvalue weighted by Gasteiger charge is -2.08. The molecule has 0 bridgehead atoms. The van der Waals surface area contributed by atoms with Gasteiger partial charge in [0.25, 0.3) is 0 Å². The molecule has 1 aliphatic carbocycles. The van der Waals surface area contributed by atoms with E-state index in [1.807, 2.05) is 6.07 Å². The second-order valence-electron chi connectivity index (χ2n) is 3.74. The van der Waals surface area contributed by atoms with E-state index in [-0.39, 0.29) is 5.82 Å². The SMILES string of the molecule is N#Cc1cc2c(nc1NOCC(=O)O)CCC2. The Bertz CT molecular complexity index is 493. The largest absolute Gasteiger partial charge is 0.479 e. The summed E-state index contributed by atoms with van der Waals surface area (Å²) in [5, 5.41) is 17.4. The first-order chi connectivity index (χ1) is 8.20. The molecule has 0 saturated carbocycles. The van der Waals surface area contributed by atoms with Crippen molar-refractivity contribution in [3.63, 3.8) is 0 Å². The molecule has 1 aromatic rings. The van der Waals surface area contributed by atoms with Gasteiger partial charge in [0.05, 0.1) is 5.56 Å². The van der Waals surface area contributed by atoms with E-state index in [0.29, 0.717) is 5.56 Å². The average molecular weight is 233 g/mol. The predicted octanol–water partition coefficient (Wildman–Crippen LogP) is 0.870.